The first kappa shape index (κ1) is 20.4. The van der Waals surface area contributed by atoms with Gasteiger partial charge in [0, 0.05) is 24.0 Å². The maximum absolute atomic E-state index is 13.3. The highest BCUT2D eigenvalue weighted by Crippen LogP contribution is 2.59. The lowest BCUT2D eigenvalue weighted by Gasteiger charge is -2.27. The van der Waals surface area contributed by atoms with Gasteiger partial charge in [0.2, 0.25) is 0 Å². The molecular weight excluding hydrogens is 388 g/mol. The SMILES string of the molecule is CCC(=O)c1cc(C(=O)CC2[C@H]3CC(O)C[C@@H]23)cc2c1OC[C@@]2(CC)c1ccccc1. The lowest BCUT2D eigenvalue weighted by atomic mass is 9.73. The Morgan fingerprint density at radius 1 is 1.06 bits per heavy atom. The van der Waals surface area contributed by atoms with Gasteiger partial charge in [0.15, 0.2) is 11.6 Å². The number of fused-ring (bicyclic) bond motifs is 2. The fourth-order valence-electron chi connectivity index (χ4n) is 6.05. The Bertz CT molecular complexity index is 1020. The van der Waals surface area contributed by atoms with Gasteiger partial charge in [-0.25, -0.2) is 0 Å². The summed E-state index contributed by atoms with van der Waals surface area (Å²) in [6.45, 7) is 4.46. The van der Waals surface area contributed by atoms with E-state index in [1.165, 1.54) is 0 Å². The molecule has 4 heteroatoms. The van der Waals surface area contributed by atoms with Crippen LogP contribution in [-0.4, -0.2) is 29.4 Å². The fraction of sp³-hybridized carbons (Fsp3) is 0.481. The normalized spacial score (nSPS) is 30.4. The van der Waals surface area contributed by atoms with Crippen molar-refractivity contribution in [2.45, 2.75) is 57.5 Å². The van der Waals surface area contributed by atoms with Crippen LogP contribution < -0.4 is 4.74 Å². The molecule has 2 aromatic rings. The van der Waals surface area contributed by atoms with Gasteiger partial charge in [-0.1, -0.05) is 44.2 Å². The van der Waals surface area contributed by atoms with Gasteiger partial charge in [-0.15, -0.1) is 0 Å². The second kappa shape index (κ2) is 7.59. The number of benzene rings is 2. The second-order valence-electron chi connectivity index (χ2n) is 9.51. The first-order chi connectivity index (χ1) is 15.0. The molecule has 2 aliphatic carbocycles. The Labute approximate surface area is 183 Å². The van der Waals surface area contributed by atoms with Crippen LogP contribution in [0.5, 0.6) is 5.75 Å². The van der Waals surface area contributed by atoms with E-state index in [4.69, 9.17) is 4.74 Å². The molecule has 162 valence electrons. The summed E-state index contributed by atoms with van der Waals surface area (Å²) in [5.74, 6) is 2.14. The molecule has 1 heterocycles. The highest BCUT2D eigenvalue weighted by atomic mass is 16.5. The number of carbonyl (C=O) groups is 2. The zero-order valence-electron chi connectivity index (χ0n) is 18.3. The Morgan fingerprint density at radius 3 is 2.42 bits per heavy atom. The van der Waals surface area contributed by atoms with E-state index in [1.807, 2.05) is 31.2 Å². The van der Waals surface area contributed by atoms with Crippen molar-refractivity contribution in [1.82, 2.24) is 0 Å². The number of hydrogen-bond acceptors (Lipinski definition) is 4. The van der Waals surface area contributed by atoms with Crippen LogP contribution in [0.3, 0.4) is 0 Å². The maximum atomic E-state index is 13.3. The van der Waals surface area contributed by atoms with E-state index in [9.17, 15) is 14.7 Å². The summed E-state index contributed by atoms with van der Waals surface area (Å²) in [6, 6.07) is 14.0. The molecule has 31 heavy (non-hydrogen) atoms. The van der Waals surface area contributed by atoms with Crippen molar-refractivity contribution in [2.75, 3.05) is 6.61 Å². The summed E-state index contributed by atoms with van der Waals surface area (Å²) >= 11 is 0. The Kier molecular flexibility index (Phi) is 5.01. The average molecular weight is 419 g/mol. The molecule has 0 radical (unpaired) electrons. The number of aliphatic hydroxyl groups excluding tert-OH is 1. The Morgan fingerprint density at radius 2 is 1.77 bits per heavy atom. The third-order valence-corrected chi connectivity index (χ3v) is 7.96. The summed E-state index contributed by atoms with van der Waals surface area (Å²) in [4.78, 5) is 26.1. The predicted molar refractivity (Wildman–Crippen MR) is 119 cm³/mol. The minimum absolute atomic E-state index is 0.0114. The van der Waals surface area contributed by atoms with Crippen LogP contribution in [0.4, 0.5) is 0 Å². The van der Waals surface area contributed by atoms with E-state index in [2.05, 4.69) is 19.1 Å². The molecule has 4 nitrogen and oxygen atoms in total. The molecule has 0 bridgehead atoms. The van der Waals surface area contributed by atoms with Gasteiger partial charge in [-0.05, 0) is 54.7 Å². The third kappa shape index (κ3) is 3.23. The molecule has 2 aromatic carbocycles. The van der Waals surface area contributed by atoms with Crippen LogP contribution >= 0.6 is 0 Å². The summed E-state index contributed by atoms with van der Waals surface area (Å²) < 4.78 is 6.15. The predicted octanol–water partition coefficient (Wildman–Crippen LogP) is 4.96. The van der Waals surface area contributed by atoms with E-state index in [0.717, 1.165) is 30.4 Å². The number of aliphatic hydroxyl groups is 1. The zero-order chi connectivity index (χ0) is 21.8. The zero-order valence-corrected chi connectivity index (χ0v) is 18.3. The molecule has 0 amide bonds. The largest absolute Gasteiger partial charge is 0.491 e. The van der Waals surface area contributed by atoms with Crippen LogP contribution in [-0.2, 0) is 5.41 Å². The van der Waals surface area contributed by atoms with E-state index in [1.54, 1.807) is 6.07 Å². The van der Waals surface area contributed by atoms with Crippen molar-refractivity contribution in [2.24, 2.45) is 17.8 Å². The maximum Gasteiger partial charge on any atom is 0.166 e. The molecule has 5 rings (SSSR count). The highest BCUT2D eigenvalue weighted by Gasteiger charge is 2.56. The van der Waals surface area contributed by atoms with Crippen LogP contribution in [0, 0.1) is 17.8 Å². The minimum atomic E-state index is -0.351. The molecule has 2 saturated carbocycles. The first-order valence-electron chi connectivity index (χ1n) is 11.6. The van der Waals surface area contributed by atoms with Crippen LogP contribution in [0.25, 0.3) is 0 Å². The van der Waals surface area contributed by atoms with Crippen LogP contribution in [0.1, 0.15) is 77.8 Å². The summed E-state index contributed by atoms with van der Waals surface area (Å²) in [6.07, 6.45) is 3.17. The molecule has 1 aliphatic heterocycles. The van der Waals surface area contributed by atoms with E-state index >= 15 is 0 Å². The second-order valence-corrected chi connectivity index (χ2v) is 9.51. The smallest absolute Gasteiger partial charge is 0.166 e. The Balaban J connectivity index is 1.54. The van der Waals surface area contributed by atoms with Gasteiger partial charge in [-0.2, -0.15) is 0 Å². The van der Waals surface area contributed by atoms with Crippen LogP contribution in [0.15, 0.2) is 42.5 Å². The van der Waals surface area contributed by atoms with Gasteiger partial charge in [-0.3, -0.25) is 9.59 Å². The molecule has 5 atom stereocenters. The molecule has 0 saturated heterocycles. The van der Waals surface area contributed by atoms with Crippen molar-refractivity contribution in [1.29, 1.82) is 0 Å². The summed E-state index contributed by atoms with van der Waals surface area (Å²) in [5.41, 5.74) is 2.94. The van der Waals surface area contributed by atoms with Gasteiger partial charge in [0.1, 0.15) is 12.4 Å². The van der Waals surface area contributed by atoms with Gasteiger partial charge >= 0.3 is 0 Å². The number of ketones is 2. The number of rotatable bonds is 7. The summed E-state index contributed by atoms with van der Waals surface area (Å²) in [5, 5.41) is 9.79. The summed E-state index contributed by atoms with van der Waals surface area (Å²) in [7, 11) is 0. The number of Topliss-reactive ketones (excluding diaryl/α,β-unsaturated/α-hetero) is 2. The van der Waals surface area contributed by atoms with Crippen molar-refractivity contribution < 1.29 is 19.4 Å². The monoisotopic (exact) mass is 418 g/mol. The van der Waals surface area contributed by atoms with Crippen molar-refractivity contribution in [3.63, 3.8) is 0 Å². The van der Waals surface area contributed by atoms with Crippen molar-refractivity contribution in [3.05, 3.63) is 64.7 Å². The van der Waals surface area contributed by atoms with Gasteiger partial charge in [0.25, 0.3) is 0 Å². The highest BCUT2D eigenvalue weighted by molar-refractivity contribution is 6.04. The number of hydrogen-bond donors (Lipinski definition) is 1. The molecule has 2 unspecified atom stereocenters. The number of carbonyl (C=O) groups excluding carboxylic acids is 2. The standard InChI is InChI=1S/C27H30O4/c1-3-24(29)22-10-16(25(30)14-21-19-12-18(28)13-20(19)21)11-23-26(22)31-15-27(23,4-2)17-8-6-5-7-9-17/h5-11,18-21,28H,3-4,12-15H2,1-2H3/t18?,19-,20+,21?,27-/m0/s1. The topological polar surface area (TPSA) is 63.6 Å². The van der Waals surface area contributed by atoms with Gasteiger partial charge in [0.05, 0.1) is 17.1 Å². The molecule has 0 aromatic heterocycles. The van der Waals surface area contributed by atoms with Crippen LogP contribution in [0.2, 0.25) is 0 Å². The molecule has 3 aliphatic rings. The fourth-order valence-corrected chi connectivity index (χ4v) is 6.05. The molecule has 2 fully saturated rings. The van der Waals surface area contributed by atoms with E-state index in [-0.39, 0.29) is 23.1 Å². The third-order valence-electron chi connectivity index (χ3n) is 7.96. The van der Waals surface area contributed by atoms with E-state index in [0.29, 0.717) is 54.1 Å². The first-order valence-corrected chi connectivity index (χ1v) is 11.6. The number of ether oxygens (including phenoxy) is 1. The van der Waals surface area contributed by atoms with Gasteiger partial charge < -0.3 is 9.84 Å². The van der Waals surface area contributed by atoms with Crippen molar-refractivity contribution >= 4 is 11.6 Å². The van der Waals surface area contributed by atoms with Crippen molar-refractivity contribution in [3.8, 4) is 5.75 Å². The minimum Gasteiger partial charge on any atom is -0.491 e. The van der Waals surface area contributed by atoms with E-state index < -0.39 is 0 Å². The lowest BCUT2D eigenvalue weighted by molar-refractivity contribution is 0.0960. The Hall–Kier alpha value is -2.46. The molecular formula is C27H30O4. The molecule has 0 spiro atoms. The quantitative estimate of drug-likeness (QED) is 0.646. The lowest BCUT2D eigenvalue weighted by Crippen LogP contribution is -2.28. The molecule has 1 N–H and O–H groups in total. The average Bonchev–Trinajstić information content (AvgIpc) is 3.13.